The van der Waals surface area contributed by atoms with E-state index in [2.05, 4.69) is 10.1 Å². The number of nitrogens with zero attached hydrogens (tertiary/aromatic N) is 3. The number of hydrogen-bond acceptors (Lipinski definition) is 4. The molecule has 6 heteroatoms. The molecule has 1 amide bonds. The molecule has 1 saturated carbocycles. The summed E-state index contributed by atoms with van der Waals surface area (Å²) in [5.74, 6) is 1.03. The van der Waals surface area contributed by atoms with Crippen molar-refractivity contribution in [1.29, 1.82) is 0 Å². The van der Waals surface area contributed by atoms with Gasteiger partial charge in [0.25, 0.3) is 0 Å². The predicted molar refractivity (Wildman–Crippen MR) is 94.6 cm³/mol. The lowest BCUT2D eigenvalue weighted by Crippen LogP contribution is -2.42. The van der Waals surface area contributed by atoms with E-state index in [1.54, 1.807) is 12.1 Å². The number of carbonyl (C=O) groups excluding carboxylic acids is 1. The average Bonchev–Trinajstić information content (AvgIpc) is 3.19. The van der Waals surface area contributed by atoms with Crippen LogP contribution in [-0.4, -0.2) is 27.5 Å². The molecule has 1 aromatic carbocycles. The van der Waals surface area contributed by atoms with Gasteiger partial charge in [0.15, 0.2) is 0 Å². The Morgan fingerprint density at radius 3 is 2.54 bits per heavy atom. The lowest BCUT2D eigenvalue weighted by atomic mass is 9.87. The summed E-state index contributed by atoms with van der Waals surface area (Å²) >= 11 is 0. The van der Waals surface area contributed by atoms with Gasteiger partial charge in [-0.15, -0.1) is 0 Å². The smallest absolute Gasteiger partial charge is 0.249 e. The van der Waals surface area contributed by atoms with E-state index in [0.29, 0.717) is 17.3 Å². The van der Waals surface area contributed by atoms with E-state index in [-0.39, 0.29) is 23.7 Å². The Balaban J connectivity index is 1.54. The highest BCUT2D eigenvalue weighted by atomic mass is 19.1. The minimum absolute atomic E-state index is 0.139. The third kappa shape index (κ3) is 3.50. The fraction of sp³-hybridized carbons (Fsp3) is 0.550. The molecule has 5 nitrogen and oxygen atoms in total. The summed E-state index contributed by atoms with van der Waals surface area (Å²) in [6.45, 7) is 0.758. The fourth-order valence-electron chi connectivity index (χ4n) is 4.12. The summed E-state index contributed by atoms with van der Waals surface area (Å²) in [6, 6.07) is 5.89. The molecule has 1 aromatic heterocycles. The Hall–Kier alpha value is -2.24. The lowest BCUT2D eigenvalue weighted by Gasteiger charge is -2.36. The molecule has 0 spiro atoms. The third-order valence-corrected chi connectivity index (χ3v) is 5.57. The van der Waals surface area contributed by atoms with Crippen LogP contribution in [0.3, 0.4) is 0 Å². The van der Waals surface area contributed by atoms with Crippen LogP contribution in [0.1, 0.15) is 63.3 Å². The van der Waals surface area contributed by atoms with E-state index in [4.69, 9.17) is 4.52 Å². The van der Waals surface area contributed by atoms with Gasteiger partial charge < -0.3 is 9.42 Å². The number of aromatic nitrogens is 2. The van der Waals surface area contributed by atoms with Crippen LogP contribution < -0.4 is 0 Å². The van der Waals surface area contributed by atoms with Gasteiger partial charge in [-0.3, -0.25) is 4.79 Å². The van der Waals surface area contributed by atoms with Crippen molar-refractivity contribution in [3.8, 4) is 11.4 Å². The predicted octanol–water partition coefficient (Wildman–Crippen LogP) is 4.51. The number of benzene rings is 1. The summed E-state index contributed by atoms with van der Waals surface area (Å²) in [7, 11) is 0. The number of piperidine rings is 1. The molecule has 1 saturated heterocycles. The van der Waals surface area contributed by atoms with E-state index < -0.39 is 0 Å². The van der Waals surface area contributed by atoms with Crippen LogP contribution >= 0.6 is 0 Å². The maximum atomic E-state index is 13.1. The number of halogens is 1. The number of carbonyl (C=O) groups is 1. The summed E-state index contributed by atoms with van der Waals surface area (Å²) in [4.78, 5) is 19.5. The second-order valence-corrected chi connectivity index (χ2v) is 7.34. The maximum absolute atomic E-state index is 13.1. The first-order valence-corrected chi connectivity index (χ1v) is 9.62. The van der Waals surface area contributed by atoms with Crippen molar-refractivity contribution >= 4 is 5.91 Å². The molecule has 2 heterocycles. The summed E-state index contributed by atoms with van der Waals surface area (Å²) < 4.78 is 18.6. The van der Waals surface area contributed by atoms with E-state index >= 15 is 0 Å². The van der Waals surface area contributed by atoms with Crippen LogP contribution in [0.25, 0.3) is 11.4 Å². The molecule has 0 radical (unpaired) electrons. The van der Waals surface area contributed by atoms with Gasteiger partial charge >= 0.3 is 0 Å². The number of hydrogen-bond donors (Lipinski definition) is 0. The van der Waals surface area contributed by atoms with Crippen molar-refractivity contribution in [2.24, 2.45) is 5.92 Å². The van der Waals surface area contributed by atoms with Crippen molar-refractivity contribution in [3.63, 3.8) is 0 Å². The van der Waals surface area contributed by atoms with Crippen molar-refractivity contribution in [3.05, 3.63) is 36.0 Å². The third-order valence-electron chi connectivity index (χ3n) is 5.57. The molecule has 1 aliphatic carbocycles. The molecule has 1 aliphatic heterocycles. The second-order valence-electron chi connectivity index (χ2n) is 7.34. The molecule has 138 valence electrons. The van der Waals surface area contributed by atoms with E-state index in [1.165, 1.54) is 18.6 Å². The minimum atomic E-state index is -0.297. The lowest BCUT2D eigenvalue weighted by molar-refractivity contribution is -0.141. The first-order valence-electron chi connectivity index (χ1n) is 9.62. The maximum Gasteiger partial charge on any atom is 0.249 e. The van der Waals surface area contributed by atoms with Crippen LogP contribution in [0.5, 0.6) is 0 Å². The van der Waals surface area contributed by atoms with Gasteiger partial charge in [0.2, 0.25) is 17.6 Å². The van der Waals surface area contributed by atoms with E-state index in [9.17, 15) is 9.18 Å². The zero-order chi connectivity index (χ0) is 17.9. The van der Waals surface area contributed by atoms with Crippen molar-refractivity contribution in [2.75, 3.05) is 6.54 Å². The molecule has 2 aliphatic rings. The number of amides is 1. The SMILES string of the molecule is O=C(C1CCCCC1)N1CCCC[C@H]1c1nc(-c2ccc(F)cc2)no1. The normalized spacial score (nSPS) is 21.7. The highest BCUT2D eigenvalue weighted by Crippen LogP contribution is 2.35. The molecule has 2 fully saturated rings. The summed E-state index contributed by atoms with van der Waals surface area (Å²) in [5, 5.41) is 4.05. The molecule has 1 atom stereocenters. The first-order chi connectivity index (χ1) is 12.7. The molecule has 26 heavy (non-hydrogen) atoms. The van der Waals surface area contributed by atoms with Gasteiger partial charge in [0, 0.05) is 18.0 Å². The summed E-state index contributed by atoms with van der Waals surface area (Å²) in [5.41, 5.74) is 0.711. The van der Waals surface area contributed by atoms with Gasteiger partial charge in [-0.2, -0.15) is 4.98 Å². The molecule has 2 aromatic rings. The highest BCUT2D eigenvalue weighted by Gasteiger charge is 2.35. The van der Waals surface area contributed by atoms with Gasteiger partial charge in [0.05, 0.1) is 0 Å². The van der Waals surface area contributed by atoms with Crippen LogP contribution in [0, 0.1) is 11.7 Å². The van der Waals surface area contributed by atoms with Gasteiger partial charge in [0.1, 0.15) is 11.9 Å². The Morgan fingerprint density at radius 1 is 1.04 bits per heavy atom. The highest BCUT2D eigenvalue weighted by molar-refractivity contribution is 5.79. The fourth-order valence-corrected chi connectivity index (χ4v) is 4.12. The van der Waals surface area contributed by atoms with Crippen LogP contribution in [0.4, 0.5) is 4.39 Å². The molecular formula is C20H24FN3O2. The molecule has 4 rings (SSSR count). The Bertz CT molecular complexity index is 753. The Labute approximate surface area is 152 Å². The molecule has 0 N–H and O–H groups in total. The van der Waals surface area contributed by atoms with Gasteiger partial charge in [-0.25, -0.2) is 4.39 Å². The van der Waals surface area contributed by atoms with Crippen LogP contribution in [0.15, 0.2) is 28.8 Å². The second kappa shape index (κ2) is 7.56. The summed E-state index contributed by atoms with van der Waals surface area (Å²) in [6.07, 6.45) is 8.43. The monoisotopic (exact) mass is 357 g/mol. The van der Waals surface area contributed by atoms with E-state index in [1.807, 2.05) is 4.90 Å². The molecular weight excluding hydrogens is 333 g/mol. The van der Waals surface area contributed by atoms with Crippen molar-refractivity contribution < 1.29 is 13.7 Å². The van der Waals surface area contributed by atoms with Gasteiger partial charge in [-0.05, 0) is 56.4 Å². The molecule has 0 unspecified atom stereocenters. The largest absolute Gasteiger partial charge is 0.337 e. The van der Waals surface area contributed by atoms with Crippen LogP contribution in [-0.2, 0) is 4.79 Å². The van der Waals surface area contributed by atoms with Crippen molar-refractivity contribution in [2.45, 2.75) is 57.4 Å². The number of rotatable bonds is 3. The van der Waals surface area contributed by atoms with Gasteiger partial charge in [-0.1, -0.05) is 24.4 Å². The van der Waals surface area contributed by atoms with E-state index in [0.717, 1.165) is 51.5 Å². The molecule has 0 bridgehead atoms. The Morgan fingerprint density at radius 2 is 1.77 bits per heavy atom. The zero-order valence-electron chi connectivity index (χ0n) is 14.9. The Kier molecular flexibility index (Phi) is 5.00. The van der Waals surface area contributed by atoms with Crippen LogP contribution in [0.2, 0.25) is 0 Å². The first kappa shape index (κ1) is 17.2. The standard InChI is InChI=1S/C20H24FN3O2/c21-16-11-9-14(10-12-16)18-22-19(26-23-18)17-8-4-5-13-24(17)20(25)15-6-2-1-3-7-15/h9-12,15,17H,1-8,13H2/t17-/m0/s1. The topological polar surface area (TPSA) is 59.2 Å². The average molecular weight is 357 g/mol. The zero-order valence-corrected chi connectivity index (χ0v) is 14.9. The minimum Gasteiger partial charge on any atom is -0.337 e. The quantitative estimate of drug-likeness (QED) is 0.811. The van der Waals surface area contributed by atoms with Crippen molar-refractivity contribution in [1.82, 2.24) is 15.0 Å². The number of likely N-dealkylation sites (tertiary alicyclic amines) is 1.